The molecule has 6 atom stereocenters. The fourth-order valence-corrected chi connectivity index (χ4v) is 9.14. The van der Waals surface area contributed by atoms with Crippen molar-refractivity contribution in [2.75, 3.05) is 10.3 Å². The number of anilines is 2. The Hall–Kier alpha value is -5.59. The highest BCUT2D eigenvalue weighted by atomic mass is 35.5. The predicted molar refractivity (Wildman–Crippen MR) is 188 cm³/mol. The van der Waals surface area contributed by atoms with Gasteiger partial charge in [0.25, 0.3) is 17.5 Å². The van der Waals surface area contributed by atoms with E-state index in [0.29, 0.717) is 21.7 Å². The Morgan fingerprint density at radius 3 is 2.21 bits per heavy atom. The van der Waals surface area contributed by atoms with Crippen LogP contribution in [0.3, 0.4) is 0 Å². The summed E-state index contributed by atoms with van der Waals surface area (Å²) in [7, 11) is 0. The van der Waals surface area contributed by atoms with Crippen LogP contribution in [0.25, 0.3) is 0 Å². The lowest BCUT2D eigenvalue weighted by molar-refractivity contribution is -0.384. The molecule has 0 radical (unpaired) electrons. The maximum absolute atomic E-state index is 15.2. The third kappa shape index (κ3) is 4.92. The summed E-state index contributed by atoms with van der Waals surface area (Å²) in [6.07, 6.45) is 1.99. The second-order valence-electron chi connectivity index (χ2n) is 13.4. The normalized spacial score (nSPS) is 26.5. The van der Waals surface area contributed by atoms with E-state index >= 15 is 4.79 Å². The number of hydrogen-bond acceptors (Lipinski definition) is 8. The first-order chi connectivity index (χ1) is 24.9. The van der Waals surface area contributed by atoms with E-state index in [1.54, 1.807) is 30.3 Å². The highest BCUT2D eigenvalue weighted by Crippen LogP contribution is 2.65. The summed E-state index contributed by atoms with van der Waals surface area (Å²) in [5.41, 5.74) is 3.01. The molecule has 6 unspecified atom stereocenters. The van der Waals surface area contributed by atoms with Crippen molar-refractivity contribution < 1.29 is 33.6 Å². The number of hydrogen-bond donors (Lipinski definition) is 2. The van der Waals surface area contributed by atoms with Gasteiger partial charge in [0.1, 0.15) is 11.6 Å². The SMILES string of the molecule is O=C1C2CC3C(=CCC4C(=O)N(c5ccc([N+](=O)[O-])cc5)C(=O)C43)C(c3ccc(O)cc3Cl)C2(c2ccc(Cl)cc2)C(=O)N1Nc1ccc(F)cc1. The molecule has 262 valence electrons. The highest BCUT2D eigenvalue weighted by Gasteiger charge is 2.70. The van der Waals surface area contributed by atoms with Gasteiger partial charge in [-0.05, 0) is 90.6 Å². The Morgan fingerprint density at radius 1 is 0.865 bits per heavy atom. The van der Waals surface area contributed by atoms with Gasteiger partial charge < -0.3 is 5.11 Å². The number of nitro groups is 1. The summed E-state index contributed by atoms with van der Waals surface area (Å²) in [5, 5.41) is 23.1. The molecule has 2 saturated heterocycles. The number of phenols is 1. The minimum Gasteiger partial charge on any atom is -0.508 e. The summed E-state index contributed by atoms with van der Waals surface area (Å²) in [5.74, 6) is -7.33. The molecule has 14 heteroatoms. The van der Waals surface area contributed by atoms with Gasteiger partial charge in [-0.1, -0.05) is 53.1 Å². The third-order valence-corrected chi connectivity index (χ3v) is 11.4. The number of rotatable bonds is 6. The molecule has 11 nitrogen and oxygen atoms in total. The zero-order valence-corrected chi connectivity index (χ0v) is 28.4. The molecule has 0 aromatic heterocycles. The molecular formula is C38H27Cl2FN4O7. The lowest BCUT2D eigenvalue weighted by Gasteiger charge is -2.50. The number of carbonyl (C=O) groups is 4. The number of benzene rings is 4. The fraction of sp³-hybridized carbons (Fsp3) is 0.211. The van der Waals surface area contributed by atoms with Crippen LogP contribution < -0.4 is 10.3 Å². The molecule has 52 heavy (non-hydrogen) atoms. The zero-order chi connectivity index (χ0) is 36.6. The Balaban J connectivity index is 1.31. The van der Waals surface area contributed by atoms with Crippen LogP contribution in [-0.2, 0) is 24.6 Å². The monoisotopic (exact) mass is 740 g/mol. The van der Waals surface area contributed by atoms with Gasteiger partial charge in [0.05, 0.1) is 39.5 Å². The molecule has 0 spiro atoms. The molecule has 4 aromatic rings. The number of non-ortho nitro benzene ring substituents is 1. The largest absolute Gasteiger partial charge is 0.508 e. The number of amides is 4. The van der Waals surface area contributed by atoms with Crippen molar-refractivity contribution in [3.8, 4) is 5.75 Å². The molecular weight excluding hydrogens is 714 g/mol. The van der Waals surface area contributed by atoms with E-state index in [1.165, 1.54) is 60.7 Å². The van der Waals surface area contributed by atoms with Gasteiger partial charge in [-0.15, -0.1) is 0 Å². The first kappa shape index (κ1) is 33.5. The minimum absolute atomic E-state index is 0.00111. The van der Waals surface area contributed by atoms with Crippen LogP contribution in [0.4, 0.5) is 21.5 Å². The number of nitro benzene ring substituents is 1. The van der Waals surface area contributed by atoms with E-state index < -0.39 is 69.4 Å². The van der Waals surface area contributed by atoms with Crippen molar-refractivity contribution in [1.29, 1.82) is 0 Å². The summed E-state index contributed by atoms with van der Waals surface area (Å²) in [4.78, 5) is 70.0. The third-order valence-electron chi connectivity index (χ3n) is 10.9. The van der Waals surface area contributed by atoms with Crippen molar-refractivity contribution in [1.82, 2.24) is 5.01 Å². The number of hydrazine groups is 1. The van der Waals surface area contributed by atoms with Gasteiger partial charge in [-0.3, -0.25) is 39.6 Å². The average Bonchev–Trinajstić information content (AvgIpc) is 3.50. The van der Waals surface area contributed by atoms with E-state index in [1.807, 2.05) is 6.08 Å². The number of aromatic hydroxyl groups is 1. The molecule has 2 heterocycles. The van der Waals surface area contributed by atoms with Crippen LogP contribution in [0, 0.1) is 39.6 Å². The first-order valence-corrected chi connectivity index (χ1v) is 17.1. The topological polar surface area (TPSA) is 150 Å². The Labute approximate surface area is 305 Å². The summed E-state index contributed by atoms with van der Waals surface area (Å²) >= 11 is 13.2. The molecule has 2 aliphatic carbocycles. The van der Waals surface area contributed by atoms with Gasteiger partial charge in [0.2, 0.25) is 11.8 Å². The lowest BCUT2D eigenvalue weighted by atomic mass is 9.49. The zero-order valence-electron chi connectivity index (χ0n) is 26.9. The number of allylic oxidation sites excluding steroid dienone is 2. The van der Waals surface area contributed by atoms with Crippen LogP contribution >= 0.6 is 23.2 Å². The van der Waals surface area contributed by atoms with Crippen LogP contribution in [0.5, 0.6) is 5.75 Å². The molecule has 2 aliphatic heterocycles. The van der Waals surface area contributed by atoms with E-state index in [2.05, 4.69) is 5.43 Å². The van der Waals surface area contributed by atoms with Crippen LogP contribution in [0.2, 0.25) is 10.0 Å². The van der Waals surface area contributed by atoms with Crippen molar-refractivity contribution in [3.63, 3.8) is 0 Å². The van der Waals surface area contributed by atoms with Crippen LogP contribution in [0.1, 0.15) is 29.9 Å². The summed E-state index contributed by atoms with van der Waals surface area (Å²) < 4.78 is 13.8. The number of nitrogens with zero attached hydrogens (tertiary/aromatic N) is 3. The van der Waals surface area contributed by atoms with Gasteiger partial charge >= 0.3 is 0 Å². The van der Waals surface area contributed by atoms with Crippen molar-refractivity contribution in [2.24, 2.45) is 23.7 Å². The summed E-state index contributed by atoms with van der Waals surface area (Å²) in [6.45, 7) is 0. The highest BCUT2D eigenvalue weighted by molar-refractivity contribution is 6.32. The Bertz CT molecular complexity index is 2230. The van der Waals surface area contributed by atoms with E-state index in [-0.39, 0.29) is 40.7 Å². The Morgan fingerprint density at radius 2 is 1.56 bits per heavy atom. The number of nitrogens with one attached hydrogen (secondary N) is 1. The van der Waals surface area contributed by atoms with Gasteiger partial charge in [-0.25, -0.2) is 4.39 Å². The molecule has 3 fully saturated rings. The van der Waals surface area contributed by atoms with Gasteiger partial charge in [0.15, 0.2) is 0 Å². The fourth-order valence-electron chi connectivity index (χ4n) is 8.73. The van der Waals surface area contributed by atoms with Gasteiger partial charge in [-0.2, -0.15) is 5.01 Å². The molecule has 4 amide bonds. The predicted octanol–water partition coefficient (Wildman–Crippen LogP) is 6.94. The number of carbonyl (C=O) groups excluding carboxylic acids is 4. The molecule has 1 saturated carbocycles. The van der Waals surface area contributed by atoms with E-state index in [9.17, 15) is 34.0 Å². The summed E-state index contributed by atoms with van der Waals surface area (Å²) in [6, 6.07) is 21.2. The number of fused-ring (bicyclic) bond motifs is 4. The quantitative estimate of drug-likeness (QED) is 0.0935. The van der Waals surface area contributed by atoms with E-state index in [4.69, 9.17) is 23.2 Å². The maximum atomic E-state index is 15.2. The van der Waals surface area contributed by atoms with Crippen LogP contribution in [-0.4, -0.2) is 38.7 Å². The van der Waals surface area contributed by atoms with Crippen LogP contribution in [0.15, 0.2) is 103 Å². The lowest BCUT2D eigenvalue weighted by Crippen LogP contribution is -2.53. The molecule has 8 rings (SSSR count). The average molecular weight is 742 g/mol. The Kier molecular flexibility index (Phi) is 7.92. The molecule has 0 bridgehead atoms. The molecule has 2 N–H and O–H groups in total. The van der Waals surface area contributed by atoms with Gasteiger partial charge in [0, 0.05) is 28.1 Å². The number of imide groups is 2. The number of halogens is 3. The maximum Gasteiger partial charge on any atom is 0.269 e. The van der Waals surface area contributed by atoms with Crippen molar-refractivity contribution in [3.05, 3.63) is 140 Å². The second kappa shape index (κ2) is 12.3. The smallest absolute Gasteiger partial charge is 0.269 e. The molecule has 4 aliphatic rings. The molecule has 4 aromatic carbocycles. The van der Waals surface area contributed by atoms with E-state index in [0.717, 1.165) is 9.91 Å². The number of phenolic OH excluding ortho intramolecular Hbond substituents is 1. The minimum atomic E-state index is -1.64. The second-order valence-corrected chi connectivity index (χ2v) is 14.2. The first-order valence-electron chi connectivity index (χ1n) is 16.4. The van der Waals surface area contributed by atoms with Crippen molar-refractivity contribution >= 4 is 63.9 Å². The standard InChI is InChI=1S/C38H27Cl2FN4O7/c39-20-3-1-19(2-4-20)38-30(35(48)44(37(38)50)42-22-7-5-21(41)6-8-22)18-29-26(33(38)27-14-13-25(46)17-31(27)40)15-16-28-32(29)36(49)43(34(28)47)23-9-11-24(12-10-23)45(51)52/h1-15,17,28-30,32-33,42,46H,16,18H2. The van der Waals surface area contributed by atoms with Crippen molar-refractivity contribution in [2.45, 2.75) is 24.2 Å².